The SMILES string of the molecule is Fc1cc(N2CCOC3CCCC32)ncn1. The average molecular weight is 223 g/mol. The first-order valence-electron chi connectivity index (χ1n) is 5.70. The lowest BCUT2D eigenvalue weighted by molar-refractivity contribution is 0.0253. The Kier molecular flexibility index (Phi) is 2.47. The monoisotopic (exact) mass is 223 g/mol. The fraction of sp³-hybridized carbons (Fsp3) is 0.636. The third kappa shape index (κ3) is 1.65. The van der Waals surface area contributed by atoms with E-state index in [1.54, 1.807) is 0 Å². The number of hydrogen-bond donors (Lipinski definition) is 0. The van der Waals surface area contributed by atoms with E-state index in [1.165, 1.54) is 18.8 Å². The molecule has 2 fully saturated rings. The molecule has 1 aliphatic heterocycles. The molecule has 2 unspecified atom stereocenters. The summed E-state index contributed by atoms with van der Waals surface area (Å²) in [5.74, 6) is 0.221. The van der Waals surface area contributed by atoms with E-state index < -0.39 is 5.95 Å². The Balaban J connectivity index is 1.88. The number of halogens is 1. The molecule has 0 bridgehead atoms. The van der Waals surface area contributed by atoms with E-state index in [2.05, 4.69) is 14.9 Å². The van der Waals surface area contributed by atoms with Crippen LogP contribution in [0, 0.1) is 5.95 Å². The number of hydrogen-bond acceptors (Lipinski definition) is 4. The van der Waals surface area contributed by atoms with Crippen molar-refractivity contribution in [3.8, 4) is 0 Å². The van der Waals surface area contributed by atoms with Crippen LogP contribution in [0.5, 0.6) is 0 Å². The molecule has 0 N–H and O–H groups in total. The van der Waals surface area contributed by atoms with Gasteiger partial charge in [-0.3, -0.25) is 0 Å². The minimum atomic E-state index is -0.467. The molecule has 0 radical (unpaired) electrons. The second-order valence-corrected chi connectivity index (χ2v) is 4.30. The molecular weight excluding hydrogens is 209 g/mol. The van der Waals surface area contributed by atoms with E-state index >= 15 is 0 Å². The largest absolute Gasteiger partial charge is 0.374 e. The summed E-state index contributed by atoms with van der Waals surface area (Å²) in [6, 6.07) is 1.77. The lowest BCUT2D eigenvalue weighted by atomic mass is 10.1. The van der Waals surface area contributed by atoms with Gasteiger partial charge in [0.2, 0.25) is 5.95 Å². The number of anilines is 1. The Morgan fingerprint density at radius 2 is 2.31 bits per heavy atom. The van der Waals surface area contributed by atoms with Crippen molar-refractivity contribution in [2.24, 2.45) is 0 Å². The van der Waals surface area contributed by atoms with Gasteiger partial charge >= 0.3 is 0 Å². The van der Waals surface area contributed by atoms with E-state index in [-0.39, 0.29) is 0 Å². The van der Waals surface area contributed by atoms with Crippen LogP contribution in [0.2, 0.25) is 0 Å². The maximum atomic E-state index is 13.1. The van der Waals surface area contributed by atoms with E-state index in [0.29, 0.717) is 24.6 Å². The third-order valence-corrected chi connectivity index (χ3v) is 3.40. The van der Waals surface area contributed by atoms with Crippen LogP contribution in [0.1, 0.15) is 19.3 Å². The zero-order valence-electron chi connectivity index (χ0n) is 8.97. The molecule has 5 heteroatoms. The van der Waals surface area contributed by atoms with Crippen LogP contribution in [-0.4, -0.2) is 35.3 Å². The van der Waals surface area contributed by atoms with E-state index in [9.17, 15) is 4.39 Å². The van der Waals surface area contributed by atoms with Gasteiger partial charge in [0, 0.05) is 12.6 Å². The Morgan fingerprint density at radius 3 is 3.19 bits per heavy atom. The van der Waals surface area contributed by atoms with Gasteiger partial charge < -0.3 is 9.64 Å². The predicted octanol–water partition coefficient (Wildman–Crippen LogP) is 1.37. The lowest BCUT2D eigenvalue weighted by Crippen LogP contribution is -2.49. The van der Waals surface area contributed by atoms with Gasteiger partial charge in [-0.1, -0.05) is 0 Å². The molecule has 4 nitrogen and oxygen atoms in total. The maximum absolute atomic E-state index is 13.1. The van der Waals surface area contributed by atoms with Gasteiger partial charge in [-0.2, -0.15) is 4.39 Å². The minimum absolute atomic E-state index is 0.298. The summed E-state index contributed by atoms with van der Waals surface area (Å²) in [5, 5.41) is 0. The molecule has 1 saturated carbocycles. The van der Waals surface area contributed by atoms with Crippen LogP contribution in [0.15, 0.2) is 12.4 Å². The fourth-order valence-corrected chi connectivity index (χ4v) is 2.69. The van der Waals surface area contributed by atoms with Gasteiger partial charge in [0.15, 0.2) is 0 Å². The summed E-state index contributed by atoms with van der Waals surface area (Å²) >= 11 is 0. The average Bonchev–Trinajstić information content (AvgIpc) is 2.76. The van der Waals surface area contributed by atoms with E-state index in [1.807, 2.05) is 0 Å². The van der Waals surface area contributed by atoms with Gasteiger partial charge in [0.05, 0.1) is 18.8 Å². The van der Waals surface area contributed by atoms with Crippen molar-refractivity contribution in [3.63, 3.8) is 0 Å². The first-order chi connectivity index (χ1) is 7.84. The summed E-state index contributed by atoms with van der Waals surface area (Å²) in [6.07, 6.45) is 4.97. The number of morpholine rings is 1. The molecule has 2 atom stereocenters. The van der Waals surface area contributed by atoms with E-state index in [4.69, 9.17) is 4.74 Å². The quantitative estimate of drug-likeness (QED) is 0.674. The zero-order chi connectivity index (χ0) is 11.0. The minimum Gasteiger partial charge on any atom is -0.374 e. The molecule has 0 aromatic carbocycles. The number of nitrogens with zero attached hydrogens (tertiary/aromatic N) is 3. The fourth-order valence-electron chi connectivity index (χ4n) is 2.69. The smallest absolute Gasteiger partial charge is 0.218 e. The molecule has 86 valence electrons. The highest BCUT2D eigenvalue weighted by molar-refractivity contribution is 5.40. The summed E-state index contributed by atoms with van der Waals surface area (Å²) < 4.78 is 18.8. The normalized spacial score (nSPS) is 29.2. The Morgan fingerprint density at radius 1 is 1.38 bits per heavy atom. The van der Waals surface area contributed by atoms with Crippen molar-refractivity contribution >= 4 is 5.82 Å². The second-order valence-electron chi connectivity index (χ2n) is 4.30. The summed E-state index contributed by atoms with van der Waals surface area (Å²) in [5.41, 5.74) is 0. The molecule has 1 aromatic heterocycles. The number of ether oxygens (including phenoxy) is 1. The van der Waals surface area contributed by atoms with Gasteiger partial charge in [-0.25, -0.2) is 9.97 Å². The summed E-state index contributed by atoms with van der Waals surface area (Å²) in [4.78, 5) is 9.79. The van der Waals surface area contributed by atoms with E-state index in [0.717, 1.165) is 19.4 Å². The molecule has 0 spiro atoms. The molecule has 2 heterocycles. The first-order valence-corrected chi connectivity index (χ1v) is 5.70. The van der Waals surface area contributed by atoms with Gasteiger partial charge in [0.1, 0.15) is 12.1 Å². The first kappa shape index (κ1) is 9.96. The van der Waals surface area contributed by atoms with Crippen molar-refractivity contribution in [1.82, 2.24) is 9.97 Å². The van der Waals surface area contributed by atoms with Crippen LogP contribution >= 0.6 is 0 Å². The Labute approximate surface area is 93.5 Å². The number of fused-ring (bicyclic) bond motifs is 1. The van der Waals surface area contributed by atoms with Crippen LogP contribution in [-0.2, 0) is 4.74 Å². The lowest BCUT2D eigenvalue weighted by Gasteiger charge is -2.38. The van der Waals surface area contributed by atoms with Crippen molar-refractivity contribution in [2.75, 3.05) is 18.1 Å². The predicted molar refractivity (Wildman–Crippen MR) is 56.7 cm³/mol. The highest BCUT2D eigenvalue weighted by Crippen LogP contribution is 2.32. The number of rotatable bonds is 1. The molecule has 3 rings (SSSR count). The molecule has 1 aliphatic carbocycles. The Hall–Kier alpha value is -1.23. The topological polar surface area (TPSA) is 38.2 Å². The van der Waals surface area contributed by atoms with Crippen LogP contribution < -0.4 is 4.90 Å². The molecule has 0 amide bonds. The summed E-state index contributed by atoms with van der Waals surface area (Å²) in [6.45, 7) is 1.49. The molecule has 1 aromatic rings. The standard InChI is InChI=1S/C11H14FN3O/c12-10-6-11(14-7-13-10)15-4-5-16-9-3-1-2-8(9)15/h6-9H,1-5H2. The van der Waals surface area contributed by atoms with Gasteiger partial charge in [-0.05, 0) is 19.3 Å². The zero-order valence-corrected chi connectivity index (χ0v) is 8.97. The van der Waals surface area contributed by atoms with Gasteiger partial charge in [-0.15, -0.1) is 0 Å². The second kappa shape index (κ2) is 3.97. The molecule has 2 aliphatic rings. The van der Waals surface area contributed by atoms with Gasteiger partial charge in [0.25, 0.3) is 0 Å². The Bertz CT molecular complexity index is 387. The van der Waals surface area contributed by atoms with Crippen LogP contribution in [0.3, 0.4) is 0 Å². The van der Waals surface area contributed by atoms with Crippen molar-refractivity contribution in [2.45, 2.75) is 31.4 Å². The third-order valence-electron chi connectivity index (χ3n) is 3.40. The van der Waals surface area contributed by atoms with Crippen LogP contribution in [0.4, 0.5) is 10.2 Å². The van der Waals surface area contributed by atoms with Crippen molar-refractivity contribution < 1.29 is 9.13 Å². The molecular formula is C11H14FN3O. The van der Waals surface area contributed by atoms with Crippen molar-refractivity contribution in [3.05, 3.63) is 18.3 Å². The molecule has 1 saturated heterocycles. The maximum Gasteiger partial charge on any atom is 0.218 e. The highest BCUT2D eigenvalue weighted by atomic mass is 19.1. The molecule has 16 heavy (non-hydrogen) atoms. The van der Waals surface area contributed by atoms with Crippen molar-refractivity contribution in [1.29, 1.82) is 0 Å². The highest BCUT2D eigenvalue weighted by Gasteiger charge is 2.36. The number of aromatic nitrogens is 2. The van der Waals surface area contributed by atoms with Crippen LogP contribution in [0.25, 0.3) is 0 Å². The summed E-state index contributed by atoms with van der Waals surface area (Å²) in [7, 11) is 0.